The molecule has 2 heterocycles. The van der Waals surface area contributed by atoms with Gasteiger partial charge in [-0.2, -0.15) is 0 Å². The third-order valence-corrected chi connectivity index (χ3v) is 2.93. The molecule has 1 aliphatic heterocycles. The molecule has 1 aromatic heterocycles. The number of nitrogens with zero attached hydrogens (tertiary/aromatic N) is 2. The van der Waals surface area contributed by atoms with Crippen molar-refractivity contribution in [3.63, 3.8) is 0 Å². The normalized spacial score (nSPS) is 19.2. The van der Waals surface area contributed by atoms with E-state index in [0.717, 1.165) is 0 Å². The van der Waals surface area contributed by atoms with Crippen LogP contribution in [-0.2, 0) is 14.9 Å². The average Bonchev–Trinajstić information content (AvgIpc) is 2.30. The number of nitrogen functional groups attached to an aromatic ring is 1. The third-order valence-electron chi connectivity index (χ3n) is 2.93. The molecule has 2 rings (SSSR count). The maximum Gasteiger partial charge on any atom is 0.315 e. The molecule has 1 saturated heterocycles. The minimum absolute atomic E-state index is 0.289. The number of hydrogen-bond acceptors (Lipinski definition) is 5. The number of rotatable bonds is 2. The van der Waals surface area contributed by atoms with Gasteiger partial charge in [-0.25, -0.2) is 9.97 Å². The summed E-state index contributed by atoms with van der Waals surface area (Å²) in [6.07, 6.45) is 2.13. The van der Waals surface area contributed by atoms with E-state index in [1.54, 1.807) is 0 Å². The first-order valence-corrected chi connectivity index (χ1v) is 5.04. The molecule has 0 spiro atoms. The van der Waals surface area contributed by atoms with Gasteiger partial charge in [-0.05, 0) is 12.8 Å². The highest BCUT2D eigenvalue weighted by Gasteiger charge is 2.43. The average molecular weight is 223 g/mol. The Kier molecular flexibility index (Phi) is 2.74. The van der Waals surface area contributed by atoms with Gasteiger partial charge < -0.3 is 15.6 Å². The number of aliphatic carboxylic acids is 1. The van der Waals surface area contributed by atoms with Gasteiger partial charge in [0, 0.05) is 19.3 Å². The quantitative estimate of drug-likeness (QED) is 0.742. The van der Waals surface area contributed by atoms with Crippen LogP contribution in [0.25, 0.3) is 0 Å². The van der Waals surface area contributed by atoms with E-state index >= 15 is 0 Å². The van der Waals surface area contributed by atoms with E-state index in [4.69, 9.17) is 10.5 Å². The van der Waals surface area contributed by atoms with Crippen LogP contribution in [-0.4, -0.2) is 34.3 Å². The molecule has 0 saturated carbocycles. The molecular formula is C10H13N3O3. The van der Waals surface area contributed by atoms with Gasteiger partial charge in [0.2, 0.25) is 0 Å². The van der Waals surface area contributed by atoms with Gasteiger partial charge in [-0.3, -0.25) is 4.79 Å². The lowest BCUT2D eigenvalue weighted by Gasteiger charge is -2.32. The first-order valence-electron chi connectivity index (χ1n) is 5.04. The molecule has 3 N–H and O–H groups in total. The zero-order chi connectivity index (χ0) is 11.6. The van der Waals surface area contributed by atoms with Crippen molar-refractivity contribution in [2.45, 2.75) is 18.3 Å². The monoisotopic (exact) mass is 223 g/mol. The van der Waals surface area contributed by atoms with Crippen LogP contribution < -0.4 is 5.73 Å². The van der Waals surface area contributed by atoms with E-state index in [2.05, 4.69) is 9.97 Å². The summed E-state index contributed by atoms with van der Waals surface area (Å²) in [5.41, 5.74) is 5.04. The summed E-state index contributed by atoms with van der Waals surface area (Å²) in [7, 11) is 0. The Morgan fingerprint density at radius 1 is 1.44 bits per heavy atom. The van der Waals surface area contributed by atoms with Gasteiger partial charge in [0.15, 0.2) is 0 Å². The highest BCUT2D eigenvalue weighted by molar-refractivity contribution is 5.81. The molecule has 1 fully saturated rings. The van der Waals surface area contributed by atoms with Crippen molar-refractivity contribution in [1.82, 2.24) is 9.97 Å². The molecule has 86 valence electrons. The number of hydrogen-bond donors (Lipinski definition) is 2. The number of aromatic nitrogens is 2. The van der Waals surface area contributed by atoms with E-state index in [0.29, 0.717) is 31.7 Å². The van der Waals surface area contributed by atoms with Gasteiger partial charge in [-0.1, -0.05) is 0 Å². The van der Waals surface area contributed by atoms with E-state index in [1.165, 1.54) is 12.4 Å². The van der Waals surface area contributed by atoms with E-state index < -0.39 is 11.4 Å². The molecule has 0 atom stereocenters. The Hall–Kier alpha value is -1.69. The molecule has 0 unspecified atom stereocenters. The Balaban J connectivity index is 2.42. The highest BCUT2D eigenvalue weighted by Crippen LogP contribution is 2.34. The van der Waals surface area contributed by atoms with Crippen molar-refractivity contribution >= 4 is 11.8 Å². The van der Waals surface area contributed by atoms with Gasteiger partial charge in [0.1, 0.15) is 17.6 Å². The predicted octanol–water partition coefficient (Wildman–Crippen LogP) is 0.192. The molecular weight excluding hydrogens is 210 g/mol. The molecule has 0 aromatic carbocycles. The lowest BCUT2D eigenvalue weighted by Crippen LogP contribution is -2.42. The molecule has 1 aliphatic rings. The summed E-state index contributed by atoms with van der Waals surface area (Å²) in [5.74, 6) is -0.592. The summed E-state index contributed by atoms with van der Waals surface area (Å²) >= 11 is 0. The third kappa shape index (κ3) is 1.71. The zero-order valence-electron chi connectivity index (χ0n) is 8.72. The summed E-state index contributed by atoms with van der Waals surface area (Å²) in [6.45, 7) is 0.854. The molecule has 0 bridgehead atoms. The SMILES string of the molecule is Nc1cc(C2(C(=O)O)CCOCC2)ncn1. The standard InChI is InChI=1S/C10H13N3O3/c11-8-5-7(12-6-13-8)10(9(14)15)1-3-16-4-2-10/h5-6H,1-4H2,(H,14,15)(H2,11,12,13). The second-order valence-electron chi connectivity index (χ2n) is 3.83. The fourth-order valence-corrected chi connectivity index (χ4v) is 1.93. The molecule has 6 nitrogen and oxygen atoms in total. The largest absolute Gasteiger partial charge is 0.481 e. The molecule has 0 aliphatic carbocycles. The van der Waals surface area contributed by atoms with Crippen molar-refractivity contribution in [1.29, 1.82) is 0 Å². The fourth-order valence-electron chi connectivity index (χ4n) is 1.93. The Morgan fingerprint density at radius 2 is 2.12 bits per heavy atom. The molecule has 1 aromatic rings. The lowest BCUT2D eigenvalue weighted by atomic mass is 9.77. The molecule has 0 amide bonds. The van der Waals surface area contributed by atoms with Crippen LogP contribution in [0.1, 0.15) is 18.5 Å². The van der Waals surface area contributed by atoms with Crippen LogP contribution in [0.2, 0.25) is 0 Å². The second kappa shape index (κ2) is 4.05. The van der Waals surface area contributed by atoms with E-state index in [-0.39, 0.29) is 5.82 Å². The summed E-state index contributed by atoms with van der Waals surface area (Å²) in [4.78, 5) is 19.2. The van der Waals surface area contributed by atoms with Gasteiger partial charge in [-0.15, -0.1) is 0 Å². The Labute approximate surface area is 92.5 Å². The lowest BCUT2D eigenvalue weighted by molar-refractivity contribution is -0.148. The van der Waals surface area contributed by atoms with Crippen LogP contribution >= 0.6 is 0 Å². The Bertz CT molecular complexity index is 402. The fraction of sp³-hybridized carbons (Fsp3) is 0.500. The van der Waals surface area contributed by atoms with Crippen LogP contribution in [0.4, 0.5) is 5.82 Å². The summed E-state index contributed by atoms with van der Waals surface area (Å²) < 4.78 is 5.19. The van der Waals surface area contributed by atoms with Crippen molar-refractivity contribution < 1.29 is 14.6 Å². The summed E-state index contributed by atoms with van der Waals surface area (Å²) in [5, 5.41) is 9.38. The first-order chi connectivity index (χ1) is 7.65. The number of nitrogens with two attached hydrogens (primary N) is 1. The molecule has 16 heavy (non-hydrogen) atoms. The second-order valence-corrected chi connectivity index (χ2v) is 3.83. The minimum Gasteiger partial charge on any atom is -0.481 e. The number of carboxylic acid groups (broad SMARTS) is 1. The van der Waals surface area contributed by atoms with Crippen molar-refractivity contribution in [2.75, 3.05) is 18.9 Å². The topological polar surface area (TPSA) is 98.3 Å². The molecule has 0 radical (unpaired) electrons. The van der Waals surface area contributed by atoms with Gasteiger partial charge in [0.25, 0.3) is 0 Å². The van der Waals surface area contributed by atoms with E-state index in [1.807, 2.05) is 0 Å². The zero-order valence-corrected chi connectivity index (χ0v) is 8.72. The van der Waals surface area contributed by atoms with Gasteiger partial charge in [0.05, 0.1) is 5.69 Å². The Morgan fingerprint density at radius 3 is 2.69 bits per heavy atom. The maximum absolute atomic E-state index is 11.4. The van der Waals surface area contributed by atoms with Crippen LogP contribution in [0.15, 0.2) is 12.4 Å². The molecule has 6 heteroatoms. The van der Waals surface area contributed by atoms with Crippen molar-refractivity contribution in [2.24, 2.45) is 0 Å². The number of anilines is 1. The predicted molar refractivity (Wildman–Crippen MR) is 55.8 cm³/mol. The van der Waals surface area contributed by atoms with Crippen LogP contribution in [0, 0.1) is 0 Å². The first kappa shape index (κ1) is 10.8. The summed E-state index contributed by atoms with van der Waals surface area (Å²) in [6, 6.07) is 1.53. The number of ether oxygens (including phenoxy) is 1. The maximum atomic E-state index is 11.4. The van der Waals surface area contributed by atoms with Gasteiger partial charge >= 0.3 is 5.97 Å². The smallest absolute Gasteiger partial charge is 0.315 e. The number of carbonyl (C=O) groups is 1. The van der Waals surface area contributed by atoms with E-state index in [9.17, 15) is 9.90 Å². The van der Waals surface area contributed by atoms with Crippen LogP contribution in [0.5, 0.6) is 0 Å². The van der Waals surface area contributed by atoms with Crippen molar-refractivity contribution in [3.8, 4) is 0 Å². The minimum atomic E-state index is -0.977. The van der Waals surface area contributed by atoms with Crippen molar-refractivity contribution in [3.05, 3.63) is 18.1 Å². The van der Waals surface area contributed by atoms with Crippen LogP contribution in [0.3, 0.4) is 0 Å². The number of carboxylic acids is 1. The highest BCUT2D eigenvalue weighted by atomic mass is 16.5.